The fraction of sp³-hybridized carbons (Fsp3) is 0.600. The summed E-state index contributed by atoms with van der Waals surface area (Å²) < 4.78 is 2.04. The first-order chi connectivity index (χ1) is 9.16. The molecular weight excluding hydrogens is 368 g/mol. The van der Waals surface area contributed by atoms with Gasteiger partial charge in [-0.3, -0.25) is 0 Å². The van der Waals surface area contributed by atoms with Crippen molar-refractivity contribution in [2.24, 2.45) is 0 Å². The standard InChI is InChI=1S/C15H22Br2N2/c16-12-8-11(15(18)14(17)9-12)10-19-13-6-4-2-1-3-5-7-13/h8-9,13,19H,1-7,10,18H2. The van der Waals surface area contributed by atoms with Gasteiger partial charge in [0.15, 0.2) is 0 Å². The molecule has 2 nitrogen and oxygen atoms in total. The van der Waals surface area contributed by atoms with Crippen LogP contribution in [-0.2, 0) is 6.54 Å². The van der Waals surface area contributed by atoms with E-state index in [4.69, 9.17) is 5.73 Å². The van der Waals surface area contributed by atoms with E-state index in [1.807, 2.05) is 6.07 Å². The largest absolute Gasteiger partial charge is 0.398 e. The highest BCUT2D eigenvalue weighted by Gasteiger charge is 2.12. The van der Waals surface area contributed by atoms with Crippen LogP contribution < -0.4 is 11.1 Å². The van der Waals surface area contributed by atoms with Crippen LogP contribution in [0.4, 0.5) is 5.69 Å². The number of benzene rings is 1. The van der Waals surface area contributed by atoms with Crippen molar-refractivity contribution in [2.45, 2.75) is 57.5 Å². The topological polar surface area (TPSA) is 38.0 Å². The minimum Gasteiger partial charge on any atom is -0.398 e. The third kappa shape index (κ3) is 4.76. The molecule has 0 heterocycles. The van der Waals surface area contributed by atoms with E-state index in [0.717, 1.165) is 21.2 Å². The number of hydrogen-bond donors (Lipinski definition) is 2. The van der Waals surface area contributed by atoms with Crippen molar-refractivity contribution in [3.63, 3.8) is 0 Å². The highest BCUT2D eigenvalue weighted by Crippen LogP contribution is 2.28. The lowest BCUT2D eigenvalue weighted by atomic mass is 9.96. The van der Waals surface area contributed by atoms with E-state index in [1.54, 1.807) is 0 Å². The molecule has 2 rings (SSSR count). The Morgan fingerprint density at radius 3 is 2.37 bits per heavy atom. The number of hydrogen-bond acceptors (Lipinski definition) is 2. The average molecular weight is 390 g/mol. The van der Waals surface area contributed by atoms with Crippen LogP contribution in [0.3, 0.4) is 0 Å². The summed E-state index contributed by atoms with van der Waals surface area (Å²) in [5, 5.41) is 3.68. The van der Waals surface area contributed by atoms with Crippen LogP contribution in [0, 0.1) is 0 Å². The van der Waals surface area contributed by atoms with Gasteiger partial charge in [-0.05, 0) is 46.5 Å². The maximum absolute atomic E-state index is 6.12. The monoisotopic (exact) mass is 388 g/mol. The molecule has 0 atom stereocenters. The Hall–Kier alpha value is -0.0600. The van der Waals surface area contributed by atoms with Crippen molar-refractivity contribution in [2.75, 3.05) is 5.73 Å². The predicted molar refractivity (Wildman–Crippen MR) is 89.2 cm³/mol. The zero-order valence-corrected chi connectivity index (χ0v) is 14.4. The third-order valence-electron chi connectivity index (χ3n) is 3.87. The van der Waals surface area contributed by atoms with Gasteiger partial charge < -0.3 is 11.1 Å². The SMILES string of the molecule is Nc1c(Br)cc(Br)cc1CNC1CCCCCCC1. The Balaban J connectivity index is 1.93. The van der Waals surface area contributed by atoms with Crippen LogP contribution in [0.15, 0.2) is 21.1 Å². The molecule has 1 fully saturated rings. The lowest BCUT2D eigenvalue weighted by Crippen LogP contribution is -2.29. The van der Waals surface area contributed by atoms with Crippen molar-refractivity contribution in [3.05, 3.63) is 26.6 Å². The second-order valence-corrected chi connectivity index (χ2v) is 7.15. The minimum atomic E-state index is 0.650. The average Bonchev–Trinajstić information content (AvgIpc) is 2.33. The summed E-state index contributed by atoms with van der Waals surface area (Å²) >= 11 is 7.03. The van der Waals surface area contributed by atoms with E-state index < -0.39 is 0 Å². The highest BCUT2D eigenvalue weighted by molar-refractivity contribution is 9.11. The Kier molecular flexibility index (Phi) is 6.17. The zero-order chi connectivity index (χ0) is 13.7. The number of nitrogen functional groups attached to an aromatic ring is 1. The Bertz CT molecular complexity index is 413. The summed E-state index contributed by atoms with van der Waals surface area (Å²) in [6.07, 6.45) is 9.51. The number of nitrogens with one attached hydrogen (secondary N) is 1. The second kappa shape index (κ2) is 7.65. The van der Waals surface area contributed by atoms with Gasteiger partial charge in [0.2, 0.25) is 0 Å². The van der Waals surface area contributed by atoms with E-state index in [9.17, 15) is 0 Å². The molecule has 4 heteroatoms. The number of rotatable bonds is 3. The molecule has 19 heavy (non-hydrogen) atoms. The number of anilines is 1. The molecule has 1 aromatic rings. The summed E-state index contributed by atoms with van der Waals surface area (Å²) in [4.78, 5) is 0. The molecular formula is C15H22Br2N2. The van der Waals surface area contributed by atoms with Crippen molar-refractivity contribution in [1.82, 2.24) is 5.32 Å². The summed E-state index contributed by atoms with van der Waals surface area (Å²) in [6.45, 7) is 0.856. The fourth-order valence-corrected chi connectivity index (χ4v) is 4.01. The van der Waals surface area contributed by atoms with Gasteiger partial charge in [0.05, 0.1) is 5.69 Å². The molecule has 1 aliphatic carbocycles. The van der Waals surface area contributed by atoms with Crippen molar-refractivity contribution < 1.29 is 0 Å². The Morgan fingerprint density at radius 2 is 1.68 bits per heavy atom. The predicted octanol–water partition coefficient (Wildman–Crippen LogP) is 5.00. The smallest absolute Gasteiger partial charge is 0.0504 e. The molecule has 3 N–H and O–H groups in total. The quantitative estimate of drug-likeness (QED) is 0.714. The van der Waals surface area contributed by atoms with Gasteiger partial charge in [-0.15, -0.1) is 0 Å². The van der Waals surface area contributed by atoms with E-state index in [-0.39, 0.29) is 0 Å². The maximum Gasteiger partial charge on any atom is 0.0504 e. The molecule has 1 saturated carbocycles. The molecule has 0 aromatic heterocycles. The maximum atomic E-state index is 6.12. The van der Waals surface area contributed by atoms with Crippen molar-refractivity contribution in [1.29, 1.82) is 0 Å². The molecule has 0 bridgehead atoms. The number of halogens is 2. The normalized spacial score (nSPS) is 18.0. The lowest BCUT2D eigenvalue weighted by Gasteiger charge is -2.21. The van der Waals surface area contributed by atoms with Crippen LogP contribution in [0.25, 0.3) is 0 Å². The van der Waals surface area contributed by atoms with E-state index in [0.29, 0.717) is 6.04 Å². The molecule has 0 amide bonds. The van der Waals surface area contributed by atoms with Crippen molar-refractivity contribution >= 4 is 37.5 Å². The van der Waals surface area contributed by atoms with Crippen LogP contribution in [0.5, 0.6) is 0 Å². The first kappa shape index (κ1) is 15.3. The van der Waals surface area contributed by atoms with Gasteiger partial charge in [0, 0.05) is 21.5 Å². The summed E-state index contributed by atoms with van der Waals surface area (Å²) in [7, 11) is 0. The summed E-state index contributed by atoms with van der Waals surface area (Å²) in [5.74, 6) is 0. The third-order valence-corrected chi connectivity index (χ3v) is 4.98. The molecule has 1 aromatic carbocycles. The van der Waals surface area contributed by atoms with Crippen LogP contribution >= 0.6 is 31.9 Å². The summed E-state index contributed by atoms with van der Waals surface area (Å²) in [5.41, 5.74) is 8.13. The first-order valence-electron chi connectivity index (χ1n) is 7.13. The van der Waals surface area contributed by atoms with Crippen molar-refractivity contribution in [3.8, 4) is 0 Å². The number of nitrogens with two attached hydrogens (primary N) is 1. The molecule has 0 spiro atoms. The molecule has 0 unspecified atom stereocenters. The zero-order valence-electron chi connectivity index (χ0n) is 11.2. The van der Waals surface area contributed by atoms with Crippen LogP contribution in [-0.4, -0.2) is 6.04 Å². The van der Waals surface area contributed by atoms with Gasteiger partial charge in [-0.25, -0.2) is 0 Å². The fourth-order valence-electron chi connectivity index (χ4n) is 2.70. The van der Waals surface area contributed by atoms with Crippen LogP contribution in [0.2, 0.25) is 0 Å². The molecule has 106 valence electrons. The van der Waals surface area contributed by atoms with Gasteiger partial charge >= 0.3 is 0 Å². The van der Waals surface area contributed by atoms with E-state index in [2.05, 4.69) is 43.2 Å². The van der Waals surface area contributed by atoms with Gasteiger partial charge in [0.1, 0.15) is 0 Å². The lowest BCUT2D eigenvalue weighted by molar-refractivity contribution is 0.389. The summed E-state index contributed by atoms with van der Waals surface area (Å²) in [6, 6.07) is 4.75. The van der Waals surface area contributed by atoms with E-state index in [1.165, 1.54) is 50.5 Å². The van der Waals surface area contributed by atoms with Gasteiger partial charge in [-0.2, -0.15) is 0 Å². The van der Waals surface area contributed by atoms with Gasteiger partial charge in [-0.1, -0.05) is 48.0 Å². The second-order valence-electron chi connectivity index (χ2n) is 5.38. The van der Waals surface area contributed by atoms with E-state index >= 15 is 0 Å². The Morgan fingerprint density at radius 1 is 1.05 bits per heavy atom. The Labute approximate surface area is 132 Å². The minimum absolute atomic E-state index is 0.650. The highest BCUT2D eigenvalue weighted by atomic mass is 79.9. The molecule has 1 aliphatic rings. The molecule has 0 aliphatic heterocycles. The molecule has 0 saturated heterocycles. The first-order valence-corrected chi connectivity index (χ1v) is 8.72. The van der Waals surface area contributed by atoms with Gasteiger partial charge in [0.25, 0.3) is 0 Å². The van der Waals surface area contributed by atoms with Crippen LogP contribution in [0.1, 0.15) is 50.5 Å². The molecule has 0 radical (unpaired) electrons.